The van der Waals surface area contributed by atoms with E-state index in [4.69, 9.17) is 9.47 Å². The Kier molecular flexibility index (Phi) is 9.09. The third-order valence-electron chi connectivity index (χ3n) is 6.27. The largest absolute Gasteiger partial charge is 0.489 e. The Hall–Kier alpha value is -2.88. The maximum Gasteiger partial charge on any atom is 0.306 e. The number of carbonyl (C=O) groups excluding carboxylic acids is 1. The van der Waals surface area contributed by atoms with Crippen LogP contribution < -0.4 is 10.1 Å². The normalized spacial score (nSPS) is 14.3. The van der Waals surface area contributed by atoms with Crippen LogP contribution in [0.25, 0.3) is 0 Å². The monoisotopic (exact) mass is 464 g/mol. The summed E-state index contributed by atoms with van der Waals surface area (Å²) in [6.07, 6.45) is 3.30. The van der Waals surface area contributed by atoms with Crippen LogP contribution in [0, 0.1) is 17.2 Å². The number of nitrogens with zero attached hydrogens (tertiary/aromatic N) is 1. The van der Waals surface area contributed by atoms with E-state index in [9.17, 15) is 15.2 Å². The first kappa shape index (κ1) is 25.7. The molecule has 6 heteroatoms. The Morgan fingerprint density at radius 3 is 2.59 bits per heavy atom. The van der Waals surface area contributed by atoms with Crippen LogP contribution in [0.5, 0.6) is 5.75 Å². The number of nitriles is 1. The molecule has 0 saturated carbocycles. The molecule has 0 saturated heterocycles. The molecule has 0 spiro atoms. The van der Waals surface area contributed by atoms with Crippen molar-refractivity contribution in [2.75, 3.05) is 19.8 Å². The van der Waals surface area contributed by atoms with Gasteiger partial charge in [-0.25, -0.2) is 0 Å². The van der Waals surface area contributed by atoms with Gasteiger partial charge in [-0.15, -0.1) is 0 Å². The minimum Gasteiger partial charge on any atom is -0.489 e. The van der Waals surface area contributed by atoms with Gasteiger partial charge in [0.05, 0.1) is 12.2 Å². The number of β-amino-alcohol motifs (C(OH)–C–C–N with tert-alkyl or cyclic N) is 1. The molecule has 182 valence electrons. The predicted molar refractivity (Wildman–Crippen MR) is 132 cm³/mol. The average Bonchev–Trinajstić information content (AvgIpc) is 3.22. The van der Waals surface area contributed by atoms with E-state index in [1.54, 1.807) is 19.1 Å². The maximum atomic E-state index is 11.6. The van der Waals surface area contributed by atoms with Crippen LogP contribution in [-0.2, 0) is 28.8 Å². The van der Waals surface area contributed by atoms with Crippen LogP contribution in [-0.4, -0.2) is 42.5 Å². The van der Waals surface area contributed by atoms with Gasteiger partial charge in [0.1, 0.15) is 24.5 Å². The molecule has 0 unspecified atom stereocenters. The molecule has 0 radical (unpaired) electrons. The first-order valence-electron chi connectivity index (χ1n) is 12.1. The van der Waals surface area contributed by atoms with E-state index in [-0.39, 0.29) is 24.5 Å². The predicted octanol–water partition coefficient (Wildman–Crippen LogP) is 3.97. The number of esters is 1. The lowest BCUT2D eigenvalue weighted by molar-refractivity contribution is -0.143. The van der Waals surface area contributed by atoms with E-state index in [0.29, 0.717) is 36.8 Å². The summed E-state index contributed by atoms with van der Waals surface area (Å²) in [5, 5.41) is 23.4. The molecule has 1 aliphatic carbocycles. The summed E-state index contributed by atoms with van der Waals surface area (Å²) >= 11 is 0. The van der Waals surface area contributed by atoms with Crippen molar-refractivity contribution < 1.29 is 19.4 Å². The van der Waals surface area contributed by atoms with Gasteiger partial charge in [0.25, 0.3) is 0 Å². The zero-order valence-electron chi connectivity index (χ0n) is 20.5. The number of aliphatic hydroxyl groups excluding tert-OH is 1. The Labute approximate surface area is 202 Å². The number of rotatable bonds is 12. The van der Waals surface area contributed by atoms with Crippen molar-refractivity contribution in [1.82, 2.24) is 5.32 Å². The molecule has 6 nitrogen and oxygen atoms in total. The van der Waals surface area contributed by atoms with Crippen molar-refractivity contribution in [3.8, 4) is 11.8 Å². The highest BCUT2D eigenvalue weighted by Gasteiger charge is 2.28. The SMILES string of the molecule is CCOC(=O)CCc1ccc(C#N)c(OC[C@@H](O)CNC(C)(C)CC2Cc3ccccc3C2)c1. The summed E-state index contributed by atoms with van der Waals surface area (Å²) in [5.74, 6) is 0.773. The molecule has 0 aromatic heterocycles. The number of hydrogen-bond acceptors (Lipinski definition) is 6. The number of benzene rings is 2. The van der Waals surface area contributed by atoms with Gasteiger partial charge in [-0.3, -0.25) is 4.79 Å². The summed E-state index contributed by atoms with van der Waals surface area (Å²) in [7, 11) is 0. The summed E-state index contributed by atoms with van der Waals surface area (Å²) in [6, 6.07) is 16.0. The van der Waals surface area contributed by atoms with Crippen molar-refractivity contribution in [2.45, 2.75) is 64.5 Å². The minimum absolute atomic E-state index is 0.0773. The maximum absolute atomic E-state index is 11.6. The number of ether oxygens (including phenoxy) is 2. The molecule has 0 fully saturated rings. The number of fused-ring (bicyclic) bond motifs is 1. The first-order chi connectivity index (χ1) is 16.3. The third-order valence-corrected chi connectivity index (χ3v) is 6.27. The summed E-state index contributed by atoms with van der Waals surface area (Å²) < 4.78 is 10.8. The van der Waals surface area contributed by atoms with Crippen molar-refractivity contribution in [3.63, 3.8) is 0 Å². The number of carbonyl (C=O) groups is 1. The van der Waals surface area contributed by atoms with Gasteiger partial charge in [0.2, 0.25) is 0 Å². The van der Waals surface area contributed by atoms with Gasteiger partial charge in [-0.05, 0) is 81.2 Å². The fourth-order valence-corrected chi connectivity index (χ4v) is 4.64. The van der Waals surface area contributed by atoms with E-state index >= 15 is 0 Å². The lowest BCUT2D eigenvalue weighted by atomic mass is 9.88. The van der Waals surface area contributed by atoms with E-state index in [1.165, 1.54) is 11.1 Å². The second-order valence-corrected chi connectivity index (χ2v) is 9.72. The number of nitrogens with one attached hydrogen (secondary N) is 1. The molecule has 3 rings (SSSR count). The highest BCUT2D eigenvalue weighted by molar-refractivity contribution is 5.69. The Morgan fingerprint density at radius 1 is 1.24 bits per heavy atom. The first-order valence-corrected chi connectivity index (χ1v) is 12.1. The summed E-state index contributed by atoms with van der Waals surface area (Å²) in [4.78, 5) is 11.6. The van der Waals surface area contributed by atoms with E-state index in [0.717, 1.165) is 24.8 Å². The van der Waals surface area contributed by atoms with E-state index in [1.807, 2.05) is 6.07 Å². The second-order valence-electron chi connectivity index (χ2n) is 9.72. The van der Waals surface area contributed by atoms with E-state index in [2.05, 4.69) is 49.5 Å². The summed E-state index contributed by atoms with van der Waals surface area (Å²) in [6.45, 7) is 6.96. The molecule has 2 N–H and O–H groups in total. The van der Waals surface area contributed by atoms with Gasteiger partial charge >= 0.3 is 5.97 Å². The highest BCUT2D eigenvalue weighted by Crippen LogP contribution is 2.31. The van der Waals surface area contributed by atoms with E-state index < -0.39 is 6.10 Å². The molecular weight excluding hydrogens is 428 g/mol. The Balaban J connectivity index is 1.46. The van der Waals surface area contributed by atoms with Gasteiger partial charge in [0, 0.05) is 18.5 Å². The molecule has 2 aromatic rings. The fourth-order valence-electron chi connectivity index (χ4n) is 4.64. The lowest BCUT2D eigenvalue weighted by Gasteiger charge is -2.30. The molecular formula is C28H36N2O4. The average molecular weight is 465 g/mol. The zero-order chi connectivity index (χ0) is 24.6. The minimum atomic E-state index is -0.713. The van der Waals surface area contributed by atoms with Crippen LogP contribution in [0.15, 0.2) is 42.5 Å². The van der Waals surface area contributed by atoms with Crippen LogP contribution >= 0.6 is 0 Å². The number of hydrogen-bond donors (Lipinski definition) is 2. The molecule has 1 atom stereocenters. The molecule has 0 amide bonds. The summed E-state index contributed by atoms with van der Waals surface area (Å²) in [5.41, 5.74) is 4.08. The van der Waals surface area contributed by atoms with Crippen molar-refractivity contribution in [1.29, 1.82) is 5.26 Å². The van der Waals surface area contributed by atoms with Crippen molar-refractivity contribution in [2.24, 2.45) is 5.92 Å². The molecule has 2 aromatic carbocycles. The van der Waals surface area contributed by atoms with Crippen molar-refractivity contribution >= 4 is 5.97 Å². The van der Waals surface area contributed by atoms with Gasteiger partial charge in [0.15, 0.2) is 0 Å². The van der Waals surface area contributed by atoms with Gasteiger partial charge in [-0.2, -0.15) is 5.26 Å². The van der Waals surface area contributed by atoms with Crippen LogP contribution in [0.3, 0.4) is 0 Å². The molecule has 0 heterocycles. The topological polar surface area (TPSA) is 91.6 Å². The quantitative estimate of drug-likeness (QED) is 0.462. The van der Waals surface area contributed by atoms with Crippen molar-refractivity contribution in [3.05, 3.63) is 64.7 Å². The second kappa shape index (κ2) is 12.0. The Bertz CT molecular complexity index is 987. The fraction of sp³-hybridized carbons (Fsp3) is 0.500. The third kappa shape index (κ3) is 7.58. The molecule has 0 bridgehead atoms. The number of aliphatic hydroxyl groups is 1. The number of aryl methyl sites for hydroxylation is 1. The van der Waals surface area contributed by atoms with Crippen LogP contribution in [0.2, 0.25) is 0 Å². The lowest BCUT2D eigenvalue weighted by Crippen LogP contribution is -2.46. The molecule has 34 heavy (non-hydrogen) atoms. The zero-order valence-corrected chi connectivity index (χ0v) is 20.5. The van der Waals surface area contributed by atoms with Crippen LogP contribution in [0.1, 0.15) is 55.9 Å². The van der Waals surface area contributed by atoms with Gasteiger partial charge in [-0.1, -0.05) is 30.3 Å². The molecule has 1 aliphatic rings. The Morgan fingerprint density at radius 2 is 1.94 bits per heavy atom. The van der Waals surface area contributed by atoms with Crippen LogP contribution in [0.4, 0.5) is 0 Å². The van der Waals surface area contributed by atoms with Gasteiger partial charge < -0.3 is 19.9 Å². The standard InChI is InChI=1S/C28H36N2O4/c1-4-33-27(32)12-10-20-9-11-24(17-29)26(15-20)34-19-25(31)18-30-28(2,3)16-21-13-22-7-5-6-8-23(22)14-21/h5-9,11,15,21,25,30-31H,4,10,12-14,16,18-19H2,1-3H3/t25-/m0/s1. The molecule has 0 aliphatic heterocycles. The highest BCUT2D eigenvalue weighted by atomic mass is 16.5. The smallest absolute Gasteiger partial charge is 0.306 e.